The molecule has 0 spiro atoms. The Morgan fingerprint density at radius 1 is 1.14 bits per heavy atom. The third-order valence-corrected chi connectivity index (χ3v) is 4.90. The zero-order valence-electron chi connectivity index (χ0n) is 16.4. The zero-order chi connectivity index (χ0) is 19.9. The first-order valence-electron chi connectivity index (χ1n) is 9.42. The standard InChI is InChI=1S/C21H26N4O3/c1-24-11-13-25(14-12-24)21(27)18-15-17(8-9-22-18)20(26)23-10-7-16-5-3-4-6-19(16)28-2/h3-6,8-9,15H,7,10-14H2,1-2H3,(H,23,26). The van der Waals surface area contributed by atoms with E-state index in [0.717, 1.165) is 24.4 Å². The Bertz CT molecular complexity index is 832. The molecular weight excluding hydrogens is 356 g/mol. The Morgan fingerprint density at radius 3 is 2.64 bits per heavy atom. The van der Waals surface area contributed by atoms with E-state index in [9.17, 15) is 9.59 Å². The molecule has 0 atom stereocenters. The number of nitrogens with one attached hydrogen (secondary N) is 1. The van der Waals surface area contributed by atoms with E-state index >= 15 is 0 Å². The number of carbonyl (C=O) groups is 2. The van der Waals surface area contributed by atoms with E-state index in [1.165, 1.54) is 6.20 Å². The van der Waals surface area contributed by atoms with Crippen LogP contribution < -0.4 is 10.1 Å². The van der Waals surface area contributed by atoms with Crippen molar-refractivity contribution in [3.05, 3.63) is 59.4 Å². The van der Waals surface area contributed by atoms with Crippen LogP contribution in [0.2, 0.25) is 0 Å². The van der Waals surface area contributed by atoms with Crippen molar-refractivity contribution < 1.29 is 14.3 Å². The van der Waals surface area contributed by atoms with Gasteiger partial charge in [-0.15, -0.1) is 0 Å². The fraction of sp³-hybridized carbons (Fsp3) is 0.381. The van der Waals surface area contributed by atoms with E-state index in [0.29, 0.717) is 37.3 Å². The van der Waals surface area contributed by atoms with Crippen LogP contribution in [0.15, 0.2) is 42.6 Å². The zero-order valence-corrected chi connectivity index (χ0v) is 16.4. The van der Waals surface area contributed by atoms with Gasteiger partial charge in [-0.3, -0.25) is 14.6 Å². The van der Waals surface area contributed by atoms with Gasteiger partial charge in [0, 0.05) is 44.5 Å². The van der Waals surface area contributed by atoms with Gasteiger partial charge in [0.05, 0.1) is 7.11 Å². The van der Waals surface area contributed by atoms with Gasteiger partial charge in [-0.25, -0.2) is 0 Å². The van der Waals surface area contributed by atoms with E-state index in [1.54, 1.807) is 24.1 Å². The molecule has 1 fully saturated rings. The molecule has 1 saturated heterocycles. The Hall–Kier alpha value is -2.93. The van der Waals surface area contributed by atoms with Crippen molar-refractivity contribution in [2.24, 2.45) is 0 Å². The second kappa shape index (κ2) is 9.32. The molecule has 0 unspecified atom stereocenters. The summed E-state index contributed by atoms with van der Waals surface area (Å²) in [7, 11) is 3.67. The number of piperazine rings is 1. The molecule has 1 aliphatic rings. The highest BCUT2D eigenvalue weighted by Crippen LogP contribution is 2.17. The van der Waals surface area contributed by atoms with E-state index in [2.05, 4.69) is 15.2 Å². The molecule has 0 bridgehead atoms. The molecule has 1 aliphatic heterocycles. The Balaban J connectivity index is 1.58. The molecular formula is C21H26N4O3. The minimum Gasteiger partial charge on any atom is -0.496 e. The number of pyridine rings is 1. The smallest absolute Gasteiger partial charge is 0.272 e. The van der Waals surface area contributed by atoms with Crippen molar-refractivity contribution >= 4 is 11.8 Å². The lowest BCUT2D eigenvalue weighted by atomic mass is 10.1. The highest BCUT2D eigenvalue weighted by molar-refractivity contribution is 5.98. The maximum absolute atomic E-state index is 12.7. The van der Waals surface area contributed by atoms with E-state index in [4.69, 9.17) is 4.74 Å². The van der Waals surface area contributed by atoms with Crippen LogP contribution in [0.1, 0.15) is 26.4 Å². The molecule has 2 amide bonds. The molecule has 28 heavy (non-hydrogen) atoms. The lowest BCUT2D eigenvalue weighted by Crippen LogP contribution is -2.47. The summed E-state index contributed by atoms with van der Waals surface area (Å²) >= 11 is 0. The third kappa shape index (κ3) is 4.86. The number of methoxy groups -OCH3 is 1. The number of rotatable bonds is 6. The monoisotopic (exact) mass is 382 g/mol. The van der Waals surface area contributed by atoms with E-state index < -0.39 is 0 Å². The van der Waals surface area contributed by atoms with Crippen LogP contribution in [0.25, 0.3) is 0 Å². The molecule has 0 radical (unpaired) electrons. The Morgan fingerprint density at radius 2 is 1.89 bits per heavy atom. The highest BCUT2D eigenvalue weighted by atomic mass is 16.5. The number of hydrogen-bond donors (Lipinski definition) is 1. The van der Waals surface area contributed by atoms with Crippen LogP contribution in [0.4, 0.5) is 0 Å². The van der Waals surface area contributed by atoms with E-state index in [-0.39, 0.29) is 11.8 Å². The average molecular weight is 382 g/mol. The maximum atomic E-state index is 12.7. The summed E-state index contributed by atoms with van der Waals surface area (Å²) in [6, 6.07) is 10.9. The van der Waals surface area contributed by atoms with Crippen molar-refractivity contribution in [3.8, 4) is 5.75 Å². The fourth-order valence-corrected chi connectivity index (χ4v) is 3.18. The number of benzene rings is 1. The Kier molecular flexibility index (Phi) is 6.60. The van der Waals surface area contributed by atoms with Crippen molar-refractivity contribution in [1.82, 2.24) is 20.1 Å². The second-order valence-electron chi connectivity index (χ2n) is 6.84. The first-order chi connectivity index (χ1) is 13.6. The number of ether oxygens (including phenoxy) is 1. The SMILES string of the molecule is COc1ccccc1CCNC(=O)c1ccnc(C(=O)N2CCN(C)CC2)c1. The van der Waals surface area contributed by atoms with Gasteiger partial charge >= 0.3 is 0 Å². The van der Waals surface area contributed by atoms with Gasteiger partial charge in [-0.2, -0.15) is 0 Å². The number of nitrogens with zero attached hydrogens (tertiary/aromatic N) is 3. The summed E-state index contributed by atoms with van der Waals surface area (Å²) in [4.78, 5) is 33.3. The van der Waals surface area contributed by atoms with Crippen LogP contribution in [-0.4, -0.2) is 73.5 Å². The molecule has 2 heterocycles. The summed E-state index contributed by atoms with van der Waals surface area (Å²) in [5.41, 5.74) is 1.78. The lowest BCUT2D eigenvalue weighted by molar-refractivity contribution is 0.0658. The molecule has 0 aliphatic carbocycles. The van der Waals surface area contributed by atoms with Gasteiger partial charge in [0.1, 0.15) is 11.4 Å². The molecule has 2 aromatic rings. The first kappa shape index (κ1) is 19.8. The minimum atomic E-state index is -0.218. The van der Waals surface area contributed by atoms with Gasteiger partial charge in [0.15, 0.2) is 0 Å². The molecule has 1 aromatic heterocycles. The number of amides is 2. The number of hydrogen-bond acceptors (Lipinski definition) is 5. The summed E-state index contributed by atoms with van der Waals surface area (Å²) in [5.74, 6) is 0.460. The predicted octanol–water partition coefficient (Wildman–Crippen LogP) is 1.45. The molecule has 1 aromatic carbocycles. The summed E-state index contributed by atoms with van der Waals surface area (Å²) in [6.07, 6.45) is 2.17. The topological polar surface area (TPSA) is 74.8 Å². The number of likely N-dealkylation sites (N-methyl/N-ethyl adjacent to an activating group) is 1. The lowest BCUT2D eigenvalue weighted by Gasteiger charge is -2.32. The van der Waals surface area contributed by atoms with Crippen molar-refractivity contribution in [1.29, 1.82) is 0 Å². The van der Waals surface area contributed by atoms with Gasteiger partial charge in [-0.05, 0) is 37.2 Å². The summed E-state index contributed by atoms with van der Waals surface area (Å²) in [5, 5.41) is 2.90. The van der Waals surface area contributed by atoms with Crippen molar-refractivity contribution in [2.45, 2.75) is 6.42 Å². The first-order valence-corrected chi connectivity index (χ1v) is 9.42. The van der Waals surface area contributed by atoms with Gasteiger partial charge in [-0.1, -0.05) is 18.2 Å². The largest absolute Gasteiger partial charge is 0.496 e. The predicted molar refractivity (Wildman–Crippen MR) is 107 cm³/mol. The normalized spacial score (nSPS) is 14.6. The van der Waals surface area contributed by atoms with Gasteiger partial charge < -0.3 is 19.9 Å². The summed E-state index contributed by atoms with van der Waals surface area (Å²) in [6.45, 7) is 3.51. The molecule has 7 heteroatoms. The third-order valence-electron chi connectivity index (χ3n) is 4.90. The Labute approximate surface area is 165 Å². The maximum Gasteiger partial charge on any atom is 0.272 e. The van der Waals surface area contributed by atoms with Crippen LogP contribution in [-0.2, 0) is 6.42 Å². The second-order valence-corrected chi connectivity index (χ2v) is 6.84. The molecule has 148 valence electrons. The molecule has 3 rings (SSSR count). The summed E-state index contributed by atoms with van der Waals surface area (Å²) < 4.78 is 5.33. The van der Waals surface area contributed by atoms with Crippen LogP contribution in [0.3, 0.4) is 0 Å². The minimum absolute atomic E-state index is 0.128. The van der Waals surface area contributed by atoms with Gasteiger partial charge in [0.25, 0.3) is 11.8 Å². The van der Waals surface area contributed by atoms with Crippen LogP contribution >= 0.6 is 0 Å². The van der Waals surface area contributed by atoms with Crippen LogP contribution in [0.5, 0.6) is 5.75 Å². The molecule has 0 saturated carbocycles. The van der Waals surface area contributed by atoms with Gasteiger partial charge in [0.2, 0.25) is 0 Å². The number of carbonyl (C=O) groups excluding carboxylic acids is 2. The van der Waals surface area contributed by atoms with Crippen molar-refractivity contribution in [2.75, 3.05) is 46.9 Å². The molecule has 7 nitrogen and oxygen atoms in total. The number of aromatic nitrogens is 1. The number of para-hydroxylation sites is 1. The average Bonchev–Trinajstić information content (AvgIpc) is 2.74. The van der Waals surface area contributed by atoms with Crippen molar-refractivity contribution in [3.63, 3.8) is 0 Å². The highest BCUT2D eigenvalue weighted by Gasteiger charge is 2.22. The van der Waals surface area contributed by atoms with E-state index in [1.807, 2.05) is 31.3 Å². The fourth-order valence-electron chi connectivity index (χ4n) is 3.18. The molecule has 1 N–H and O–H groups in total. The van der Waals surface area contributed by atoms with Crippen LogP contribution in [0, 0.1) is 0 Å². The quantitative estimate of drug-likeness (QED) is 0.819.